The number of ether oxygens (including phenoxy) is 1. The van der Waals surface area contributed by atoms with Crippen molar-refractivity contribution in [2.24, 2.45) is 0 Å². The van der Waals surface area contributed by atoms with E-state index < -0.39 is 10.2 Å². The van der Waals surface area contributed by atoms with Crippen LogP contribution in [0.25, 0.3) is 0 Å². The topological polar surface area (TPSA) is 70.1 Å². The lowest BCUT2D eigenvalue weighted by Crippen LogP contribution is -2.45. The van der Waals surface area contributed by atoms with E-state index in [4.69, 9.17) is 9.84 Å². The molecule has 0 aliphatic rings. The lowest BCUT2D eigenvalue weighted by atomic mass is 10.4. The van der Waals surface area contributed by atoms with E-state index in [1.165, 1.54) is 29.8 Å². The smallest absolute Gasteiger partial charge is 0.281 e. The molecular weight excluding hydrogens is 232 g/mol. The third kappa shape index (κ3) is 4.34. The van der Waals surface area contributed by atoms with Gasteiger partial charge in [0.2, 0.25) is 0 Å². The highest BCUT2D eigenvalue weighted by molar-refractivity contribution is 7.86. The molecule has 0 aliphatic heterocycles. The molecule has 0 amide bonds. The normalized spacial score (nSPS) is 14.7. The third-order valence-electron chi connectivity index (χ3n) is 2.42. The van der Waals surface area contributed by atoms with E-state index >= 15 is 0 Å². The SMILES string of the molecule is COCC(C)N(C)S(=O)(=O)N(C)CCCO. The average Bonchev–Trinajstić information content (AvgIpc) is 2.24. The van der Waals surface area contributed by atoms with Gasteiger partial charge in [-0.05, 0) is 13.3 Å². The second kappa shape index (κ2) is 7.18. The molecule has 0 rings (SSSR count). The molecule has 0 aromatic heterocycles. The van der Waals surface area contributed by atoms with Crippen LogP contribution in [0.2, 0.25) is 0 Å². The first-order valence-corrected chi connectivity index (χ1v) is 6.56. The van der Waals surface area contributed by atoms with Crippen LogP contribution in [0.5, 0.6) is 0 Å². The minimum Gasteiger partial charge on any atom is -0.396 e. The average molecular weight is 254 g/mol. The van der Waals surface area contributed by atoms with Crippen molar-refractivity contribution in [1.82, 2.24) is 8.61 Å². The molecule has 1 unspecified atom stereocenters. The van der Waals surface area contributed by atoms with Crippen molar-refractivity contribution < 1.29 is 18.3 Å². The first-order valence-electron chi connectivity index (χ1n) is 5.17. The van der Waals surface area contributed by atoms with E-state index in [1.807, 2.05) is 0 Å². The standard InChI is InChI=1S/C9H22N2O4S/c1-9(8-15-4)11(3)16(13,14)10(2)6-5-7-12/h9,12H,5-8H2,1-4H3. The molecule has 1 N–H and O–H groups in total. The van der Waals surface area contributed by atoms with Crippen LogP contribution in [0.4, 0.5) is 0 Å². The molecule has 0 aliphatic carbocycles. The van der Waals surface area contributed by atoms with Crippen LogP contribution in [0, 0.1) is 0 Å². The summed E-state index contributed by atoms with van der Waals surface area (Å²) in [5, 5.41) is 8.66. The minimum atomic E-state index is -3.46. The summed E-state index contributed by atoms with van der Waals surface area (Å²) >= 11 is 0. The highest BCUT2D eigenvalue weighted by Gasteiger charge is 2.27. The number of rotatable bonds is 8. The lowest BCUT2D eigenvalue weighted by Gasteiger charge is -2.28. The second-order valence-electron chi connectivity index (χ2n) is 3.73. The Hall–Kier alpha value is -0.210. The molecule has 0 fully saturated rings. The van der Waals surface area contributed by atoms with Gasteiger partial charge in [-0.15, -0.1) is 0 Å². The molecule has 6 nitrogen and oxygen atoms in total. The summed E-state index contributed by atoms with van der Waals surface area (Å²) < 4.78 is 31.4. The molecule has 0 heterocycles. The summed E-state index contributed by atoms with van der Waals surface area (Å²) in [6, 6.07) is -0.216. The highest BCUT2D eigenvalue weighted by atomic mass is 32.2. The van der Waals surface area contributed by atoms with E-state index in [-0.39, 0.29) is 12.6 Å². The molecule has 0 aromatic rings. The van der Waals surface area contributed by atoms with Gasteiger partial charge >= 0.3 is 0 Å². The Bertz CT molecular complexity index is 281. The summed E-state index contributed by atoms with van der Waals surface area (Å²) in [5.41, 5.74) is 0. The van der Waals surface area contributed by atoms with E-state index in [0.717, 1.165) is 0 Å². The number of nitrogens with zero attached hydrogens (tertiary/aromatic N) is 2. The van der Waals surface area contributed by atoms with Gasteiger partial charge in [0.15, 0.2) is 0 Å². The summed E-state index contributed by atoms with van der Waals surface area (Å²) in [5.74, 6) is 0. The maximum atomic E-state index is 12.0. The molecule has 1 atom stereocenters. The van der Waals surface area contributed by atoms with Gasteiger partial charge in [-0.2, -0.15) is 17.0 Å². The predicted octanol–water partition coefficient (Wildman–Crippen LogP) is -0.488. The van der Waals surface area contributed by atoms with Gasteiger partial charge in [0, 0.05) is 40.4 Å². The Morgan fingerprint density at radius 3 is 2.38 bits per heavy atom. The van der Waals surface area contributed by atoms with Gasteiger partial charge in [-0.3, -0.25) is 0 Å². The maximum Gasteiger partial charge on any atom is 0.281 e. The summed E-state index contributed by atoms with van der Waals surface area (Å²) in [7, 11) is 1.10. The number of aliphatic hydroxyl groups is 1. The molecular formula is C9H22N2O4S. The lowest BCUT2D eigenvalue weighted by molar-refractivity contribution is 0.146. The van der Waals surface area contributed by atoms with Crippen molar-refractivity contribution in [3.05, 3.63) is 0 Å². The molecule has 0 radical (unpaired) electrons. The number of likely N-dealkylation sites (N-methyl/N-ethyl adjacent to an activating group) is 1. The van der Waals surface area contributed by atoms with Gasteiger partial charge in [0.1, 0.15) is 0 Å². The molecule has 0 saturated heterocycles. The summed E-state index contributed by atoms with van der Waals surface area (Å²) in [4.78, 5) is 0. The van der Waals surface area contributed by atoms with Crippen molar-refractivity contribution in [3.63, 3.8) is 0 Å². The fraction of sp³-hybridized carbons (Fsp3) is 1.00. The van der Waals surface area contributed by atoms with Crippen molar-refractivity contribution in [1.29, 1.82) is 0 Å². The van der Waals surface area contributed by atoms with Gasteiger partial charge in [-0.1, -0.05) is 0 Å². The van der Waals surface area contributed by atoms with E-state index in [0.29, 0.717) is 19.6 Å². The van der Waals surface area contributed by atoms with Gasteiger partial charge < -0.3 is 9.84 Å². The zero-order chi connectivity index (χ0) is 12.8. The molecule has 0 aromatic carbocycles. The largest absolute Gasteiger partial charge is 0.396 e. The Morgan fingerprint density at radius 1 is 1.38 bits per heavy atom. The molecule has 98 valence electrons. The van der Waals surface area contributed by atoms with Crippen LogP contribution in [-0.2, 0) is 14.9 Å². The fourth-order valence-corrected chi connectivity index (χ4v) is 2.52. The van der Waals surface area contributed by atoms with Crippen molar-refractivity contribution in [2.75, 3.05) is 41.0 Å². The van der Waals surface area contributed by atoms with E-state index in [9.17, 15) is 8.42 Å². The van der Waals surface area contributed by atoms with Crippen LogP contribution in [0.3, 0.4) is 0 Å². The van der Waals surface area contributed by atoms with E-state index in [1.54, 1.807) is 6.92 Å². The van der Waals surface area contributed by atoms with Crippen LogP contribution in [0.1, 0.15) is 13.3 Å². The molecule has 0 spiro atoms. The highest BCUT2D eigenvalue weighted by Crippen LogP contribution is 2.09. The zero-order valence-electron chi connectivity index (χ0n) is 10.4. The number of methoxy groups -OCH3 is 1. The first kappa shape index (κ1) is 15.8. The molecule has 7 heteroatoms. The fourth-order valence-electron chi connectivity index (χ4n) is 1.20. The first-order chi connectivity index (χ1) is 7.37. The molecule has 16 heavy (non-hydrogen) atoms. The van der Waals surface area contributed by atoms with Crippen molar-refractivity contribution >= 4 is 10.2 Å². The third-order valence-corrected chi connectivity index (χ3v) is 4.48. The van der Waals surface area contributed by atoms with E-state index in [2.05, 4.69) is 0 Å². The summed E-state index contributed by atoms with van der Waals surface area (Å²) in [6.45, 7) is 2.42. The second-order valence-corrected chi connectivity index (χ2v) is 5.82. The van der Waals surface area contributed by atoms with Crippen molar-refractivity contribution in [2.45, 2.75) is 19.4 Å². The quantitative estimate of drug-likeness (QED) is 0.635. The van der Waals surface area contributed by atoms with Crippen LogP contribution >= 0.6 is 0 Å². The Morgan fingerprint density at radius 2 is 1.94 bits per heavy atom. The number of aliphatic hydroxyl groups excluding tert-OH is 1. The Kier molecular flexibility index (Phi) is 7.09. The maximum absolute atomic E-state index is 12.0. The van der Waals surface area contributed by atoms with Crippen LogP contribution in [-0.4, -0.2) is 69.1 Å². The van der Waals surface area contributed by atoms with Crippen LogP contribution in [0.15, 0.2) is 0 Å². The molecule has 0 saturated carbocycles. The Labute approximate surface area is 98.0 Å². The van der Waals surface area contributed by atoms with Gasteiger partial charge in [0.25, 0.3) is 10.2 Å². The van der Waals surface area contributed by atoms with Gasteiger partial charge in [0.05, 0.1) is 6.61 Å². The molecule has 0 bridgehead atoms. The monoisotopic (exact) mass is 254 g/mol. The summed E-state index contributed by atoms with van der Waals surface area (Å²) in [6.07, 6.45) is 0.433. The van der Waals surface area contributed by atoms with Gasteiger partial charge in [-0.25, -0.2) is 0 Å². The minimum absolute atomic E-state index is 0.0167. The predicted molar refractivity (Wildman–Crippen MR) is 62.4 cm³/mol. The number of hydrogen-bond donors (Lipinski definition) is 1. The zero-order valence-corrected chi connectivity index (χ0v) is 11.2. The Balaban J connectivity index is 4.51. The number of hydrogen-bond acceptors (Lipinski definition) is 4. The van der Waals surface area contributed by atoms with Crippen molar-refractivity contribution in [3.8, 4) is 0 Å². The van der Waals surface area contributed by atoms with Crippen LogP contribution < -0.4 is 0 Å².